The number of hydrogen-bond donors (Lipinski definition) is 0. The van der Waals surface area contributed by atoms with Crippen molar-refractivity contribution in [2.24, 2.45) is 0 Å². The van der Waals surface area contributed by atoms with Crippen LogP contribution in [0.2, 0.25) is 0 Å². The molecule has 0 bridgehead atoms. The van der Waals surface area contributed by atoms with Crippen LogP contribution >= 0.6 is 11.6 Å². The van der Waals surface area contributed by atoms with Crippen molar-refractivity contribution in [1.29, 1.82) is 0 Å². The number of aryl methyl sites for hydroxylation is 1. The van der Waals surface area contributed by atoms with Crippen LogP contribution in [0, 0.1) is 6.92 Å². The molecule has 0 aliphatic carbocycles. The van der Waals surface area contributed by atoms with Crippen molar-refractivity contribution < 1.29 is 4.74 Å². The van der Waals surface area contributed by atoms with Gasteiger partial charge in [-0.25, -0.2) is 4.98 Å². The SMILES string of the molecule is COCC(C)n1c(C(C)Cl)nc2cc(C)ccc21. The van der Waals surface area contributed by atoms with Gasteiger partial charge < -0.3 is 9.30 Å². The molecule has 2 rings (SSSR count). The maximum atomic E-state index is 6.24. The number of alkyl halides is 1. The topological polar surface area (TPSA) is 27.1 Å². The fourth-order valence-electron chi connectivity index (χ4n) is 2.29. The maximum Gasteiger partial charge on any atom is 0.128 e. The number of nitrogens with zero attached hydrogens (tertiary/aromatic N) is 2. The first-order valence-corrected chi connectivity index (χ1v) is 6.59. The first-order valence-electron chi connectivity index (χ1n) is 6.16. The average Bonchev–Trinajstić information content (AvgIpc) is 2.67. The van der Waals surface area contributed by atoms with Crippen LogP contribution in [-0.4, -0.2) is 23.3 Å². The molecule has 0 spiro atoms. The minimum absolute atomic E-state index is 0.114. The third kappa shape index (κ3) is 2.38. The van der Waals surface area contributed by atoms with Crippen LogP contribution in [0.15, 0.2) is 18.2 Å². The summed E-state index contributed by atoms with van der Waals surface area (Å²) in [7, 11) is 1.71. The Kier molecular flexibility index (Phi) is 3.93. The fraction of sp³-hybridized carbons (Fsp3) is 0.500. The van der Waals surface area contributed by atoms with E-state index in [1.165, 1.54) is 5.56 Å². The van der Waals surface area contributed by atoms with Crippen LogP contribution < -0.4 is 0 Å². The molecule has 18 heavy (non-hydrogen) atoms. The minimum atomic E-state index is -0.114. The number of methoxy groups -OCH3 is 1. The zero-order chi connectivity index (χ0) is 13.3. The molecule has 0 N–H and O–H groups in total. The van der Waals surface area contributed by atoms with Gasteiger partial charge in [0.25, 0.3) is 0 Å². The van der Waals surface area contributed by atoms with Gasteiger partial charge >= 0.3 is 0 Å². The Labute approximate surface area is 113 Å². The predicted octanol–water partition coefficient (Wildman–Crippen LogP) is 3.85. The molecule has 2 atom stereocenters. The van der Waals surface area contributed by atoms with E-state index in [1.807, 2.05) is 6.92 Å². The summed E-state index contributed by atoms with van der Waals surface area (Å²) in [6.07, 6.45) is 0. The number of hydrogen-bond acceptors (Lipinski definition) is 2. The number of imidazole rings is 1. The molecule has 0 fully saturated rings. The second-order valence-corrected chi connectivity index (χ2v) is 5.41. The van der Waals surface area contributed by atoms with Crippen LogP contribution in [0.4, 0.5) is 0 Å². The first kappa shape index (κ1) is 13.4. The van der Waals surface area contributed by atoms with Gasteiger partial charge in [0.1, 0.15) is 5.82 Å². The molecule has 1 aromatic carbocycles. The number of benzene rings is 1. The lowest BCUT2D eigenvalue weighted by atomic mass is 10.2. The van der Waals surface area contributed by atoms with E-state index in [2.05, 4.69) is 41.6 Å². The molecule has 4 heteroatoms. The van der Waals surface area contributed by atoms with Crippen LogP contribution in [-0.2, 0) is 4.74 Å². The van der Waals surface area contributed by atoms with E-state index in [4.69, 9.17) is 16.3 Å². The zero-order valence-electron chi connectivity index (χ0n) is 11.3. The monoisotopic (exact) mass is 266 g/mol. The van der Waals surface area contributed by atoms with Gasteiger partial charge in [-0.15, -0.1) is 11.6 Å². The lowest BCUT2D eigenvalue weighted by Gasteiger charge is -2.17. The van der Waals surface area contributed by atoms with Crippen molar-refractivity contribution in [2.45, 2.75) is 32.2 Å². The molecular weight excluding hydrogens is 248 g/mol. The molecule has 0 amide bonds. The van der Waals surface area contributed by atoms with Crippen molar-refractivity contribution in [3.63, 3.8) is 0 Å². The molecule has 2 aromatic rings. The number of ether oxygens (including phenoxy) is 1. The quantitative estimate of drug-likeness (QED) is 0.786. The summed E-state index contributed by atoms with van der Waals surface area (Å²) < 4.78 is 7.42. The Hall–Kier alpha value is -1.06. The van der Waals surface area contributed by atoms with E-state index in [-0.39, 0.29) is 11.4 Å². The molecule has 1 aromatic heterocycles. The van der Waals surface area contributed by atoms with Gasteiger partial charge in [0.15, 0.2) is 0 Å². The Morgan fingerprint density at radius 3 is 2.72 bits per heavy atom. The van der Waals surface area contributed by atoms with Gasteiger partial charge in [0.05, 0.1) is 29.1 Å². The van der Waals surface area contributed by atoms with E-state index < -0.39 is 0 Å². The lowest BCUT2D eigenvalue weighted by Crippen LogP contribution is -2.14. The molecule has 3 nitrogen and oxygen atoms in total. The van der Waals surface area contributed by atoms with E-state index in [1.54, 1.807) is 7.11 Å². The predicted molar refractivity (Wildman–Crippen MR) is 75.3 cm³/mol. The van der Waals surface area contributed by atoms with E-state index >= 15 is 0 Å². The van der Waals surface area contributed by atoms with Crippen molar-refractivity contribution in [1.82, 2.24) is 9.55 Å². The molecule has 98 valence electrons. The zero-order valence-corrected chi connectivity index (χ0v) is 12.0. The molecule has 2 unspecified atom stereocenters. The van der Waals surface area contributed by atoms with Crippen molar-refractivity contribution >= 4 is 22.6 Å². The Bertz CT molecular complexity index is 548. The van der Waals surface area contributed by atoms with Gasteiger partial charge in [-0.3, -0.25) is 0 Å². The molecule has 0 saturated heterocycles. The van der Waals surface area contributed by atoms with Crippen LogP contribution in [0.1, 0.15) is 36.7 Å². The maximum absolute atomic E-state index is 6.24. The van der Waals surface area contributed by atoms with Gasteiger partial charge in [0, 0.05) is 7.11 Å². The first-order chi connectivity index (χ1) is 8.54. The van der Waals surface area contributed by atoms with Crippen molar-refractivity contribution in [3.8, 4) is 0 Å². The Balaban J connectivity index is 2.62. The largest absolute Gasteiger partial charge is 0.383 e. The summed E-state index contributed by atoms with van der Waals surface area (Å²) in [5.74, 6) is 0.904. The summed E-state index contributed by atoms with van der Waals surface area (Å²) in [6, 6.07) is 6.52. The fourth-order valence-corrected chi connectivity index (χ4v) is 2.44. The highest BCUT2D eigenvalue weighted by Crippen LogP contribution is 2.28. The summed E-state index contributed by atoms with van der Waals surface area (Å²) in [5.41, 5.74) is 3.33. The molecule has 1 heterocycles. The average molecular weight is 267 g/mol. The number of fused-ring (bicyclic) bond motifs is 1. The molecule has 0 radical (unpaired) electrons. The third-order valence-corrected chi connectivity index (χ3v) is 3.27. The van der Waals surface area contributed by atoms with Gasteiger partial charge in [-0.05, 0) is 38.5 Å². The summed E-state index contributed by atoms with van der Waals surface area (Å²) in [4.78, 5) is 4.65. The van der Waals surface area contributed by atoms with Crippen LogP contribution in [0.25, 0.3) is 11.0 Å². The number of rotatable bonds is 4. The standard InChI is InChI=1S/C14H19ClN2O/c1-9-5-6-13-12(7-9)16-14(11(3)15)17(13)10(2)8-18-4/h5-7,10-11H,8H2,1-4H3. The van der Waals surface area contributed by atoms with Crippen molar-refractivity contribution in [2.75, 3.05) is 13.7 Å². The third-order valence-electron chi connectivity index (χ3n) is 3.08. The summed E-state index contributed by atoms with van der Waals surface area (Å²) >= 11 is 6.24. The molecule has 0 saturated carbocycles. The molecule has 0 aliphatic rings. The van der Waals surface area contributed by atoms with Gasteiger partial charge in [-0.2, -0.15) is 0 Å². The highest BCUT2D eigenvalue weighted by Gasteiger charge is 2.18. The highest BCUT2D eigenvalue weighted by molar-refractivity contribution is 6.20. The van der Waals surface area contributed by atoms with Crippen LogP contribution in [0.5, 0.6) is 0 Å². The van der Waals surface area contributed by atoms with Gasteiger partial charge in [-0.1, -0.05) is 6.07 Å². The lowest BCUT2D eigenvalue weighted by molar-refractivity contribution is 0.162. The second-order valence-electron chi connectivity index (χ2n) is 4.75. The second kappa shape index (κ2) is 5.29. The summed E-state index contributed by atoms with van der Waals surface area (Å²) in [5, 5.41) is -0.114. The highest BCUT2D eigenvalue weighted by atomic mass is 35.5. The Morgan fingerprint density at radius 2 is 2.11 bits per heavy atom. The van der Waals surface area contributed by atoms with Gasteiger partial charge in [0.2, 0.25) is 0 Å². The summed E-state index contributed by atoms with van der Waals surface area (Å²) in [6.45, 7) is 6.79. The molecule has 0 aliphatic heterocycles. The smallest absolute Gasteiger partial charge is 0.128 e. The normalized spacial score (nSPS) is 14.9. The number of aromatic nitrogens is 2. The number of halogens is 1. The Morgan fingerprint density at radius 1 is 1.39 bits per heavy atom. The minimum Gasteiger partial charge on any atom is -0.383 e. The van der Waals surface area contributed by atoms with E-state index in [0.29, 0.717) is 6.61 Å². The van der Waals surface area contributed by atoms with E-state index in [9.17, 15) is 0 Å². The van der Waals surface area contributed by atoms with E-state index in [0.717, 1.165) is 16.9 Å². The van der Waals surface area contributed by atoms with Crippen molar-refractivity contribution in [3.05, 3.63) is 29.6 Å². The van der Waals surface area contributed by atoms with Crippen LogP contribution in [0.3, 0.4) is 0 Å². The molecular formula is C14H19ClN2O.